The molecule has 1 heterocycles. The molecular formula is C16H23ClN2O2. The molecule has 0 aromatic heterocycles. The summed E-state index contributed by atoms with van der Waals surface area (Å²) in [5.41, 5.74) is 6.85. The number of nitrogens with zero attached hydrogens (tertiary/aromatic N) is 1. The van der Waals surface area contributed by atoms with Crippen LogP contribution in [-0.4, -0.2) is 36.5 Å². The highest BCUT2D eigenvalue weighted by atomic mass is 35.5. The Bertz CT molecular complexity index is 535. The van der Waals surface area contributed by atoms with Crippen LogP contribution in [0.5, 0.6) is 5.75 Å². The van der Waals surface area contributed by atoms with Gasteiger partial charge in [-0.05, 0) is 49.9 Å². The SMILES string of the molecule is Cc1ccc(Cl)c(OC(C)C(=O)N2CCC(C)(CN)C2)c1. The number of carbonyl (C=O) groups excluding carboxylic acids is 1. The largest absolute Gasteiger partial charge is 0.479 e. The molecule has 0 aliphatic carbocycles. The quantitative estimate of drug-likeness (QED) is 0.930. The molecule has 4 nitrogen and oxygen atoms in total. The predicted octanol–water partition coefficient (Wildman–Crippen LogP) is 2.61. The van der Waals surface area contributed by atoms with Crippen molar-refractivity contribution in [1.29, 1.82) is 0 Å². The third-order valence-electron chi connectivity index (χ3n) is 4.10. The zero-order valence-electron chi connectivity index (χ0n) is 12.9. The molecule has 1 aliphatic rings. The van der Waals surface area contributed by atoms with Crippen LogP contribution in [0, 0.1) is 12.3 Å². The molecule has 2 atom stereocenters. The number of likely N-dealkylation sites (tertiary alicyclic amines) is 1. The highest BCUT2D eigenvalue weighted by Gasteiger charge is 2.36. The molecule has 2 rings (SSSR count). The van der Waals surface area contributed by atoms with Crippen LogP contribution in [0.4, 0.5) is 0 Å². The first-order chi connectivity index (χ1) is 9.84. The fourth-order valence-corrected chi connectivity index (χ4v) is 2.74. The number of rotatable bonds is 4. The van der Waals surface area contributed by atoms with E-state index in [-0.39, 0.29) is 11.3 Å². The number of ether oxygens (including phenoxy) is 1. The van der Waals surface area contributed by atoms with Crippen LogP contribution < -0.4 is 10.5 Å². The van der Waals surface area contributed by atoms with E-state index in [9.17, 15) is 4.79 Å². The molecule has 21 heavy (non-hydrogen) atoms. The topological polar surface area (TPSA) is 55.6 Å². The molecule has 2 unspecified atom stereocenters. The molecule has 116 valence electrons. The van der Waals surface area contributed by atoms with Crippen LogP contribution in [0.15, 0.2) is 18.2 Å². The van der Waals surface area contributed by atoms with Crippen LogP contribution in [0.1, 0.15) is 25.8 Å². The van der Waals surface area contributed by atoms with Crippen molar-refractivity contribution in [2.45, 2.75) is 33.3 Å². The summed E-state index contributed by atoms with van der Waals surface area (Å²) in [6.07, 6.45) is 0.386. The van der Waals surface area contributed by atoms with E-state index < -0.39 is 6.10 Å². The van der Waals surface area contributed by atoms with E-state index in [0.717, 1.165) is 18.5 Å². The molecule has 0 spiro atoms. The van der Waals surface area contributed by atoms with Crippen molar-refractivity contribution >= 4 is 17.5 Å². The lowest BCUT2D eigenvalue weighted by molar-refractivity contribution is -0.137. The number of hydrogen-bond acceptors (Lipinski definition) is 3. The Balaban J connectivity index is 2.02. The van der Waals surface area contributed by atoms with Gasteiger partial charge in [-0.2, -0.15) is 0 Å². The van der Waals surface area contributed by atoms with E-state index in [1.54, 1.807) is 13.0 Å². The minimum absolute atomic E-state index is 0.00949. The van der Waals surface area contributed by atoms with Crippen LogP contribution in [0.3, 0.4) is 0 Å². The first-order valence-electron chi connectivity index (χ1n) is 7.26. The Kier molecular flexibility index (Phi) is 4.79. The molecule has 5 heteroatoms. The van der Waals surface area contributed by atoms with Crippen LogP contribution in [-0.2, 0) is 4.79 Å². The number of halogens is 1. The maximum atomic E-state index is 12.5. The average molecular weight is 311 g/mol. The van der Waals surface area contributed by atoms with E-state index in [2.05, 4.69) is 6.92 Å². The zero-order chi connectivity index (χ0) is 15.6. The van der Waals surface area contributed by atoms with Crippen molar-refractivity contribution in [1.82, 2.24) is 4.90 Å². The van der Waals surface area contributed by atoms with E-state index >= 15 is 0 Å². The lowest BCUT2D eigenvalue weighted by atomic mass is 9.90. The molecule has 0 radical (unpaired) electrons. The monoisotopic (exact) mass is 310 g/mol. The summed E-state index contributed by atoms with van der Waals surface area (Å²) in [6, 6.07) is 5.54. The Labute approximate surface area is 131 Å². The molecule has 1 saturated heterocycles. The molecule has 2 N–H and O–H groups in total. The normalized spacial score (nSPS) is 23.2. The lowest BCUT2D eigenvalue weighted by Crippen LogP contribution is -2.41. The summed E-state index contributed by atoms with van der Waals surface area (Å²) < 4.78 is 5.75. The molecule has 1 aromatic carbocycles. The molecule has 0 saturated carbocycles. The smallest absolute Gasteiger partial charge is 0.263 e. The van der Waals surface area contributed by atoms with E-state index in [1.807, 2.05) is 24.0 Å². The maximum Gasteiger partial charge on any atom is 0.263 e. The van der Waals surface area contributed by atoms with Gasteiger partial charge in [0.1, 0.15) is 5.75 Å². The minimum atomic E-state index is -0.551. The van der Waals surface area contributed by atoms with Gasteiger partial charge in [0.25, 0.3) is 5.91 Å². The van der Waals surface area contributed by atoms with E-state index in [0.29, 0.717) is 23.9 Å². The molecular weight excluding hydrogens is 288 g/mol. The maximum absolute atomic E-state index is 12.5. The second kappa shape index (κ2) is 6.24. The summed E-state index contributed by atoms with van der Waals surface area (Å²) in [5, 5.41) is 0.522. The van der Waals surface area contributed by atoms with E-state index in [4.69, 9.17) is 22.1 Å². The minimum Gasteiger partial charge on any atom is -0.479 e. The second-order valence-corrected chi connectivity index (χ2v) is 6.63. The average Bonchev–Trinajstić information content (AvgIpc) is 2.85. The van der Waals surface area contributed by atoms with Gasteiger partial charge >= 0.3 is 0 Å². The predicted molar refractivity (Wildman–Crippen MR) is 84.6 cm³/mol. The van der Waals surface area contributed by atoms with Gasteiger partial charge in [-0.1, -0.05) is 24.6 Å². The van der Waals surface area contributed by atoms with Crippen molar-refractivity contribution in [3.05, 3.63) is 28.8 Å². The number of nitrogens with two attached hydrogens (primary N) is 1. The fourth-order valence-electron chi connectivity index (χ4n) is 2.58. The number of amides is 1. The highest BCUT2D eigenvalue weighted by Crippen LogP contribution is 2.30. The first-order valence-corrected chi connectivity index (χ1v) is 7.64. The Morgan fingerprint density at radius 1 is 1.57 bits per heavy atom. The summed E-state index contributed by atoms with van der Waals surface area (Å²) in [4.78, 5) is 14.3. The molecule has 1 fully saturated rings. The van der Waals surface area contributed by atoms with Gasteiger partial charge in [-0.3, -0.25) is 4.79 Å². The van der Waals surface area contributed by atoms with Crippen molar-refractivity contribution in [3.8, 4) is 5.75 Å². The molecule has 1 aromatic rings. The summed E-state index contributed by atoms with van der Waals surface area (Å²) >= 11 is 6.11. The summed E-state index contributed by atoms with van der Waals surface area (Å²) in [5.74, 6) is 0.544. The number of aryl methyl sites for hydroxylation is 1. The summed E-state index contributed by atoms with van der Waals surface area (Å²) in [6.45, 7) is 7.86. The van der Waals surface area contributed by atoms with Gasteiger partial charge in [0.05, 0.1) is 5.02 Å². The lowest BCUT2D eigenvalue weighted by Gasteiger charge is -2.25. The van der Waals surface area contributed by atoms with E-state index in [1.165, 1.54) is 0 Å². The van der Waals surface area contributed by atoms with Gasteiger partial charge in [0.2, 0.25) is 0 Å². The van der Waals surface area contributed by atoms with Crippen LogP contribution in [0.2, 0.25) is 5.02 Å². The van der Waals surface area contributed by atoms with Gasteiger partial charge < -0.3 is 15.4 Å². The van der Waals surface area contributed by atoms with Crippen molar-refractivity contribution in [2.24, 2.45) is 11.1 Å². The standard InChI is InChI=1S/C16H23ClN2O2/c1-11-4-5-13(17)14(8-11)21-12(2)15(20)19-7-6-16(3,9-18)10-19/h4-5,8,12H,6-7,9-10,18H2,1-3H3. The van der Waals surface area contributed by atoms with Crippen molar-refractivity contribution in [2.75, 3.05) is 19.6 Å². The van der Waals surface area contributed by atoms with Gasteiger partial charge in [0.15, 0.2) is 6.10 Å². The Morgan fingerprint density at radius 3 is 2.90 bits per heavy atom. The first kappa shape index (κ1) is 16.1. The van der Waals surface area contributed by atoms with Gasteiger partial charge in [-0.25, -0.2) is 0 Å². The Hall–Kier alpha value is -1.26. The van der Waals surface area contributed by atoms with Crippen molar-refractivity contribution < 1.29 is 9.53 Å². The van der Waals surface area contributed by atoms with Crippen LogP contribution in [0.25, 0.3) is 0 Å². The van der Waals surface area contributed by atoms with Crippen molar-refractivity contribution in [3.63, 3.8) is 0 Å². The van der Waals surface area contributed by atoms with Gasteiger partial charge in [-0.15, -0.1) is 0 Å². The summed E-state index contributed by atoms with van der Waals surface area (Å²) in [7, 11) is 0. The number of hydrogen-bond donors (Lipinski definition) is 1. The molecule has 1 amide bonds. The third kappa shape index (κ3) is 3.69. The highest BCUT2D eigenvalue weighted by molar-refractivity contribution is 6.32. The van der Waals surface area contributed by atoms with Crippen LogP contribution >= 0.6 is 11.6 Å². The molecule has 1 aliphatic heterocycles. The third-order valence-corrected chi connectivity index (χ3v) is 4.41. The molecule has 0 bridgehead atoms. The number of benzene rings is 1. The Morgan fingerprint density at radius 2 is 2.29 bits per heavy atom. The fraction of sp³-hybridized carbons (Fsp3) is 0.562. The number of carbonyl (C=O) groups is 1. The second-order valence-electron chi connectivity index (χ2n) is 6.22. The van der Waals surface area contributed by atoms with Gasteiger partial charge in [0, 0.05) is 13.1 Å². The zero-order valence-corrected chi connectivity index (χ0v) is 13.6.